The van der Waals surface area contributed by atoms with Crippen molar-refractivity contribution in [2.75, 3.05) is 5.75 Å². The van der Waals surface area contributed by atoms with Gasteiger partial charge < -0.3 is 5.32 Å². The predicted molar refractivity (Wildman–Crippen MR) is 95.8 cm³/mol. The molecule has 6 heteroatoms. The maximum Gasteiger partial charge on any atom is 0.230 e. The third-order valence-corrected chi connectivity index (χ3v) is 5.01. The average molecular weight is 355 g/mol. The predicted octanol–water partition coefficient (Wildman–Crippen LogP) is 4.09. The van der Waals surface area contributed by atoms with E-state index >= 15 is 0 Å². The van der Waals surface area contributed by atoms with E-state index in [0.29, 0.717) is 5.75 Å². The molecule has 2 rings (SSSR count). The van der Waals surface area contributed by atoms with Crippen LogP contribution in [0.3, 0.4) is 0 Å². The van der Waals surface area contributed by atoms with E-state index in [-0.39, 0.29) is 11.9 Å². The lowest BCUT2D eigenvalue weighted by Crippen LogP contribution is -2.35. The van der Waals surface area contributed by atoms with Crippen LogP contribution in [-0.4, -0.2) is 22.7 Å². The molecule has 3 nitrogen and oxygen atoms in total. The number of nitrogens with zero attached hydrogens (tertiary/aromatic N) is 1. The summed E-state index contributed by atoms with van der Waals surface area (Å²) in [7, 11) is 0. The number of hydrogen-bond acceptors (Lipinski definition) is 4. The van der Waals surface area contributed by atoms with Crippen LogP contribution in [0.15, 0.2) is 29.6 Å². The molecule has 0 aliphatic rings. The maximum atomic E-state index is 11.9. The van der Waals surface area contributed by atoms with Crippen molar-refractivity contribution >= 4 is 40.6 Å². The Hall–Kier alpha value is -1.04. The van der Waals surface area contributed by atoms with E-state index in [1.165, 1.54) is 0 Å². The molecule has 0 aliphatic heterocycles. The Morgan fingerprint density at radius 2 is 2.32 bits per heavy atom. The van der Waals surface area contributed by atoms with E-state index in [4.69, 9.17) is 11.6 Å². The highest BCUT2D eigenvalue weighted by Crippen LogP contribution is 2.15. The number of aryl methyl sites for hydroxylation is 1. The van der Waals surface area contributed by atoms with Gasteiger partial charge in [-0.3, -0.25) is 4.79 Å². The van der Waals surface area contributed by atoms with Crippen LogP contribution in [0.2, 0.25) is 5.02 Å². The van der Waals surface area contributed by atoms with Gasteiger partial charge in [0.15, 0.2) is 0 Å². The van der Waals surface area contributed by atoms with Crippen molar-refractivity contribution in [3.8, 4) is 0 Å². The van der Waals surface area contributed by atoms with Crippen LogP contribution in [0, 0.1) is 6.92 Å². The van der Waals surface area contributed by atoms with Gasteiger partial charge in [-0.25, -0.2) is 4.98 Å². The van der Waals surface area contributed by atoms with Crippen molar-refractivity contribution in [3.63, 3.8) is 0 Å². The first kappa shape index (κ1) is 17.3. The molecule has 0 fully saturated rings. The lowest BCUT2D eigenvalue weighted by Gasteiger charge is -2.14. The topological polar surface area (TPSA) is 42.0 Å². The summed E-state index contributed by atoms with van der Waals surface area (Å²) >= 11 is 9.20. The quantitative estimate of drug-likeness (QED) is 0.814. The first-order valence-electron chi connectivity index (χ1n) is 7.05. The molecule has 0 saturated heterocycles. The molecule has 0 radical (unpaired) electrons. The first-order valence-corrected chi connectivity index (χ1v) is 9.46. The number of carbonyl (C=O) groups is 1. The van der Waals surface area contributed by atoms with Gasteiger partial charge in [-0.1, -0.05) is 23.7 Å². The summed E-state index contributed by atoms with van der Waals surface area (Å²) in [5.41, 5.74) is 2.18. The highest BCUT2D eigenvalue weighted by molar-refractivity contribution is 7.99. The van der Waals surface area contributed by atoms with Crippen LogP contribution < -0.4 is 5.32 Å². The average Bonchev–Trinajstić information content (AvgIpc) is 2.84. The summed E-state index contributed by atoms with van der Waals surface area (Å²) in [5.74, 6) is 1.29. The maximum absolute atomic E-state index is 11.9. The number of aromatic nitrogens is 1. The Morgan fingerprint density at radius 1 is 1.50 bits per heavy atom. The second-order valence-corrected chi connectivity index (χ2v) is 7.64. The van der Waals surface area contributed by atoms with Gasteiger partial charge >= 0.3 is 0 Å². The highest BCUT2D eigenvalue weighted by Gasteiger charge is 2.09. The van der Waals surface area contributed by atoms with E-state index < -0.39 is 0 Å². The van der Waals surface area contributed by atoms with E-state index in [0.717, 1.165) is 33.5 Å². The molecule has 0 saturated carbocycles. The number of nitrogens with one attached hydrogen (secondary N) is 1. The van der Waals surface area contributed by atoms with Gasteiger partial charge in [0.2, 0.25) is 5.91 Å². The monoisotopic (exact) mass is 354 g/mol. The molecule has 0 spiro atoms. The molecule has 0 unspecified atom stereocenters. The van der Waals surface area contributed by atoms with Crippen LogP contribution in [0.25, 0.3) is 0 Å². The Balaban J connectivity index is 1.69. The van der Waals surface area contributed by atoms with Crippen molar-refractivity contribution < 1.29 is 4.79 Å². The van der Waals surface area contributed by atoms with Gasteiger partial charge in [0, 0.05) is 22.2 Å². The SMILES string of the molecule is Cc1nc(CSCC(=O)N[C@H](C)Cc2cccc(Cl)c2)cs1. The fourth-order valence-corrected chi connectivity index (χ4v) is 3.77. The molecular weight excluding hydrogens is 336 g/mol. The normalized spacial score (nSPS) is 12.1. The van der Waals surface area contributed by atoms with Gasteiger partial charge in [-0.2, -0.15) is 0 Å². The number of carbonyl (C=O) groups excluding carboxylic acids is 1. The van der Waals surface area contributed by atoms with Gasteiger partial charge in [0.1, 0.15) is 0 Å². The zero-order valence-corrected chi connectivity index (χ0v) is 15.0. The number of benzene rings is 1. The van der Waals surface area contributed by atoms with Gasteiger partial charge in [-0.15, -0.1) is 23.1 Å². The molecule has 1 amide bonds. The minimum absolute atomic E-state index is 0.0616. The number of amides is 1. The third kappa shape index (κ3) is 5.99. The first-order chi connectivity index (χ1) is 10.5. The minimum atomic E-state index is 0.0616. The van der Waals surface area contributed by atoms with Crippen molar-refractivity contribution in [3.05, 3.63) is 50.9 Å². The summed E-state index contributed by atoms with van der Waals surface area (Å²) in [5, 5.41) is 6.85. The van der Waals surface area contributed by atoms with Crippen LogP contribution in [-0.2, 0) is 17.0 Å². The van der Waals surface area contributed by atoms with Crippen molar-refractivity contribution in [2.45, 2.75) is 32.1 Å². The lowest BCUT2D eigenvalue weighted by molar-refractivity contribution is -0.119. The second kappa shape index (κ2) is 8.56. The van der Waals surface area contributed by atoms with Crippen LogP contribution in [0.5, 0.6) is 0 Å². The minimum Gasteiger partial charge on any atom is -0.353 e. The van der Waals surface area contributed by atoms with Gasteiger partial charge in [0.25, 0.3) is 0 Å². The highest BCUT2D eigenvalue weighted by atomic mass is 35.5. The second-order valence-electron chi connectivity index (χ2n) is 5.15. The molecule has 22 heavy (non-hydrogen) atoms. The number of rotatable bonds is 7. The smallest absolute Gasteiger partial charge is 0.230 e. The summed E-state index contributed by atoms with van der Waals surface area (Å²) in [6.07, 6.45) is 0.780. The van der Waals surface area contributed by atoms with Crippen LogP contribution in [0.1, 0.15) is 23.2 Å². The van der Waals surface area contributed by atoms with Crippen molar-refractivity contribution in [1.82, 2.24) is 10.3 Å². The Bertz CT molecular complexity index is 630. The molecule has 118 valence electrons. The van der Waals surface area contributed by atoms with E-state index in [1.807, 2.05) is 43.5 Å². The zero-order valence-electron chi connectivity index (χ0n) is 12.6. The molecular formula is C16H19ClN2OS2. The molecule has 0 bridgehead atoms. The molecule has 2 aromatic rings. The number of thiazole rings is 1. The summed E-state index contributed by atoms with van der Waals surface area (Å²) in [6, 6.07) is 7.83. The van der Waals surface area contributed by atoms with Crippen LogP contribution >= 0.6 is 34.7 Å². The molecule has 1 aromatic heterocycles. The Labute approximate surface area is 144 Å². The van der Waals surface area contributed by atoms with Gasteiger partial charge in [0.05, 0.1) is 16.5 Å². The Kier molecular flexibility index (Phi) is 6.73. The Morgan fingerprint density at radius 3 is 3.00 bits per heavy atom. The zero-order chi connectivity index (χ0) is 15.9. The number of halogens is 1. The largest absolute Gasteiger partial charge is 0.353 e. The lowest BCUT2D eigenvalue weighted by atomic mass is 10.1. The van der Waals surface area contributed by atoms with Crippen LogP contribution in [0.4, 0.5) is 0 Å². The van der Waals surface area contributed by atoms with Crippen molar-refractivity contribution in [1.29, 1.82) is 0 Å². The van der Waals surface area contributed by atoms with E-state index in [1.54, 1.807) is 23.1 Å². The third-order valence-electron chi connectivity index (χ3n) is 2.99. The number of thioether (sulfide) groups is 1. The number of hydrogen-bond donors (Lipinski definition) is 1. The fourth-order valence-electron chi connectivity index (χ4n) is 2.11. The molecule has 1 atom stereocenters. The standard InChI is InChI=1S/C16H19ClN2OS2/c1-11(6-13-4-3-5-14(17)7-13)18-16(20)10-21-8-15-9-22-12(2)19-15/h3-5,7,9,11H,6,8,10H2,1-2H3,(H,18,20)/t11-/m1/s1. The molecule has 1 N–H and O–H groups in total. The van der Waals surface area contributed by atoms with E-state index in [9.17, 15) is 4.79 Å². The fraction of sp³-hybridized carbons (Fsp3) is 0.375. The summed E-state index contributed by atoms with van der Waals surface area (Å²) < 4.78 is 0. The summed E-state index contributed by atoms with van der Waals surface area (Å²) in [4.78, 5) is 16.3. The van der Waals surface area contributed by atoms with E-state index in [2.05, 4.69) is 10.3 Å². The molecule has 0 aliphatic carbocycles. The van der Waals surface area contributed by atoms with Crippen molar-refractivity contribution in [2.24, 2.45) is 0 Å². The summed E-state index contributed by atoms with van der Waals surface area (Å²) in [6.45, 7) is 4.00. The van der Waals surface area contributed by atoms with Gasteiger partial charge in [-0.05, 0) is 38.0 Å². The molecule has 1 aromatic carbocycles. The molecule has 1 heterocycles.